The van der Waals surface area contributed by atoms with Crippen LogP contribution >= 0.6 is 9.69 Å². The Labute approximate surface area is 152 Å². The Morgan fingerprint density at radius 2 is 1.59 bits per heavy atom. The molecule has 1 aliphatic carbocycles. The van der Waals surface area contributed by atoms with Crippen LogP contribution in [0.1, 0.15) is 53.4 Å². The molecule has 0 aromatic carbocycles. The first-order chi connectivity index (χ1) is 9.73. The van der Waals surface area contributed by atoms with E-state index in [0.717, 1.165) is 25.7 Å². The van der Waals surface area contributed by atoms with E-state index >= 15 is 0 Å². The van der Waals surface area contributed by atoms with Gasteiger partial charge in [0.1, 0.15) is 0 Å². The van der Waals surface area contributed by atoms with Gasteiger partial charge in [-0.1, -0.05) is 53.4 Å². The second-order valence-corrected chi connectivity index (χ2v) is 8.17. The van der Waals surface area contributed by atoms with Gasteiger partial charge >= 0.3 is 27.0 Å². The van der Waals surface area contributed by atoms with Crippen LogP contribution in [-0.2, 0) is 27.3 Å². The average Bonchev–Trinajstić information content (AvgIpc) is 2.40. The molecule has 0 saturated heterocycles. The molecule has 1 fully saturated rings. The molecule has 22 heavy (non-hydrogen) atoms. The first-order valence-electron chi connectivity index (χ1n) is 7.52. The molecule has 0 amide bonds. The summed E-state index contributed by atoms with van der Waals surface area (Å²) >= 11 is 1.82. The Hall–Kier alpha value is 0.783. The van der Waals surface area contributed by atoms with Crippen LogP contribution in [0.15, 0.2) is 0 Å². The van der Waals surface area contributed by atoms with E-state index in [0.29, 0.717) is 11.8 Å². The third kappa shape index (κ3) is 9.17. The fraction of sp³-hybridized carbons (Fsp3) is 0.933. The van der Waals surface area contributed by atoms with E-state index in [1.54, 1.807) is 0 Å². The van der Waals surface area contributed by atoms with Crippen LogP contribution in [0.25, 0.3) is 10.5 Å². The molecule has 0 heterocycles. The van der Waals surface area contributed by atoms with Crippen LogP contribution in [0.2, 0.25) is 0 Å². The van der Waals surface area contributed by atoms with Crippen molar-refractivity contribution < 1.29 is 25.7 Å². The molecule has 0 spiro atoms. The molecule has 1 N–H and O–H groups in total. The first-order valence-corrected chi connectivity index (χ1v) is 11.4. The Morgan fingerprint density at radius 3 is 2.00 bits per heavy atom. The van der Waals surface area contributed by atoms with Gasteiger partial charge < -0.3 is 17.9 Å². The fourth-order valence-corrected chi connectivity index (χ4v) is 4.89. The van der Waals surface area contributed by atoms with E-state index in [-0.39, 0.29) is 31.2 Å². The summed E-state index contributed by atoms with van der Waals surface area (Å²) in [5.74, 6) is 0.943. The van der Waals surface area contributed by atoms with Gasteiger partial charge in [0.2, 0.25) is 0 Å². The van der Waals surface area contributed by atoms with Crippen molar-refractivity contribution in [2.24, 2.45) is 17.8 Å². The van der Waals surface area contributed by atoms with E-state index < -0.39 is 10.0 Å². The third-order valence-electron chi connectivity index (χ3n) is 4.14. The molecule has 2 unspecified atom stereocenters. The van der Waals surface area contributed by atoms with E-state index in [4.69, 9.17) is 5.73 Å². The molecule has 1 saturated carbocycles. The maximum atomic E-state index is 12.2. The topological polar surface area (TPSA) is 72.0 Å². The van der Waals surface area contributed by atoms with Crippen molar-refractivity contribution >= 4 is 19.7 Å². The summed E-state index contributed by atoms with van der Waals surface area (Å²) in [6, 6.07) is -0.640. The third-order valence-corrected chi connectivity index (χ3v) is 5.54. The number of hydrogen-bond donors (Lipinski definition) is 0. The predicted molar refractivity (Wildman–Crippen MR) is 92.9 cm³/mol. The van der Waals surface area contributed by atoms with E-state index in [1.807, 2.05) is 17.3 Å². The van der Waals surface area contributed by atoms with Gasteiger partial charge in [-0.05, 0) is 17.8 Å². The summed E-state index contributed by atoms with van der Waals surface area (Å²) in [6.45, 7) is 8.25. The van der Waals surface area contributed by atoms with Crippen molar-refractivity contribution in [1.29, 1.82) is 0 Å². The Kier molecular flexibility index (Phi) is 13.9. The van der Waals surface area contributed by atoms with Crippen LogP contribution in [0.4, 0.5) is 0 Å². The zero-order valence-electron chi connectivity index (χ0n) is 14.3. The van der Waals surface area contributed by atoms with E-state index in [1.165, 1.54) is 0 Å². The minimum absolute atomic E-state index is 0. The molecule has 0 bridgehead atoms. The molecule has 0 aromatic heterocycles. The molecule has 1 rings (SSSR count). The summed E-state index contributed by atoms with van der Waals surface area (Å²) in [4.78, 5) is 0. The molecule has 2 atom stereocenters. The van der Waals surface area contributed by atoms with Gasteiger partial charge in [-0.2, -0.15) is 6.04 Å². The van der Waals surface area contributed by atoms with Crippen LogP contribution < -0.4 is 0 Å². The first kappa shape index (κ1) is 25.0. The predicted octanol–water partition coefficient (Wildman–Crippen LogP) is 5.12. The van der Waals surface area contributed by atoms with Gasteiger partial charge in [-0.3, -0.25) is 0 Å². The Bertz CT molecular complexity index is 370. The van der Waals surface area contributed by atoms with Crippen LogP contribution in [0, 0.1) is 25.2 Å². The number of sulfonamides is 1. The second-order valence-electron chi connectivity index (χ2n) is 6.46. The average molecular weight is 440 g/mol. The van der Waals surface area contributed by atoms with Crippen LogP contribution in [-0.4, -0.2) is 26.3 Å². The second kappa shape index (κ2) is 12.2. The Morgan fingerprint density at radius 1 is 1.14 bits per heavy atom. The summed E-state index contributed by atoms with van der Waals surface area (Å²) in [7, 11) is 1.17. The molecule has 7 heteroatoms. The van der Waals surface area contributed by atoms with Crippen LogP contribution in [0.3, 0.4) is 0 Å². The molecule has 0 aliphatic heterocycles. The van der Waals surface area contributed by atoms with Crippen molar-refractivity contribution in [3.8, 4) is 0 Å². The van der Waals surface area contributed by atoms with Gasteiger partial charge in [0, 0.05) is 5.75 Å². The number of rotatable bonds is 6. The van der Waals surface area contributed by atoms with Crippen molar-refractivity contribution in [2.45, 2.75) is 65.5 Å². The molecule has 1 aliphatic rings. The quantitative estimate of drug-likeness (QED) is 0.425. The van der Waals surface area contributed by atoms with Crippen molar-refractivity contribution in [3.05, 3.63) is 17.9 Å². The number of nitrogens with zero attached hydrogens (tertiary/aromatic N) is 1. The van der Waals surface area contributed by atoms with Gasteiger partial charge in [-0.15, -0.1) is 6.04 Å². The minimum atomic E-state index is -3.40. The molecular formula is C15H31ClN2O2RuS. The van der Waals surface area contributed by atoms with Gasteiger partial charge in [0.15, 0.2) is 0 Å². The molecule has 0 aromatic rings. The van der Waals surface area contributed by atoms with Crippen molar-refractivity contribution in [2.75, 3.05) is 5.75 Å². The summed E-state index contributed by atoms with van der Waals surface area (Å²) in [6.07, 6.45) is 3.56. The summed E-state index contributed by atoms with van der Waals surface area (Å²) in [5, 5.41) is 0. The molecule has 0 radical (unpaired) electrons. The summed E-state index contributed by atoms with van der Waals surface area (Å²) in [5.41, 5.74) is 7.90. The van der Waals surface area contributed by atoms with Gasteiger partial charge in [0.05, 0.1) is 10.0 Å². The zero-order valence-corrected chi connectivity index (χ0v) is 17.6. The number of halogens is 1. The molecule has 4 nitrogen and oxygen atoms in total. The fourth-order valence-electron chi connectivity index (χ4n) is 2.88. The van der Waals surface area contributed by atoms with E-state index in [9.17, 15) is 8.42 Å². The SMILES string of the molecule is CC(C)C(CS(=O)(=O)[N-]C1CCCCC1[NH-])C(C)C.[CH3-].[Cl][Ru+3]. The number of nitrogens with one attached hydrogen (secondary N) is 1. The normalized spacial score (nSPS) is 22.2. The molecular weight excluding hydrogens is 409 g/mol. The standard InChI is InChI=1S/C14H28N2O2S.CH3.ClH.Ru/c1-10(2)12(11(3)4)9-19(17,18)16-14-8-6-5-7-13(14)15;;;/h10-15H,5-9H2,1-4H3;1H3;1H;/q-2;-1;;+4/p-1. The molecule has 134 valence electrons. The van der Waals surface area contributed by atoms with E-state index in [2.05, 4.69) is 42.1 Å². The van der Waals surface area contributed by atoms with Crippen molar-refractivity contribution in [3.63, 3.8) is 0 Å². The maximum absolute atomic E-state index is 12.2. The zero-order chi connectivity index (χ0) is 16.6. The van der Waals surface area contributed by atoms with Crippen molar-refractivity contribution in [1.82, 2.24) is 0 Å². The van der Waals surface area contributed by atoms with Gasteiger partial charge in [-0.25, -0.2) is 8.42 Å². The van der Waals surface area contributed by atoms with Crippen LogP contribution in [0.5, 0.6) is 0 Å². The monoisotopic (exact) mass is 440 g/mol. The number of hydrogen-bond acceptors (Lipinski definition) is 2. The Balaban J connectivity index is 0. The summed E-state index contributed by atoms with van der Waals surface area (Å²) < 4.78 is 28.5. The van der Waals surface area contributed by atoms with Gasteiger partial charge in [0.25, 0.3) is 0 Å².